The Kier molecular flexibility index (Phi) is 9.28. The maximum Gasteiger partial charge on any atom is 0.191 e. The number of benzene rings is 2. The van der Waals surface area contributed by atoms with Crippen LogP contribution in [0.5, 0.6) is 5.75 Å². The second-order valence-electron chi connectivity index (χ2n) is 6.39. The van der Waals surface area contributed by atoms with Crippen LogP contribution in [-0.4, -0.2) is 44.1 Å². The van der Waals surface area contributed by atoms with E-state index in [1.165, 1.54) is 6.07 Å². The topological polar surface area (TPSA) is 48.9 Å². The number of rotatable bonds is 10. The van der Waals surface area contributed by atoms with Crippen molar-refractivity contribution in [3.8, 4) is 5.75 Å². The van der Waals surface area contributed by atoms with Crippen molar-refractivity contribution in [2.75, 3.05) is 33.3 Å². The van der Waals surface area contributed by atoms with Gasteiger partial charge in [-0.05, 0) is 36.9 Å². The zero-order valence-electron chi connectivity index (χ0n) is 17.0. The zero-order chi connectivity index (χ0) is 20.2. The van der Waals surface area contributed by atoms with Crippen molar-refractivity contribution in [2.24, 2.45) is 4.99 Å². The highest BCUT2D eigenvalue weighted by Gasteiger charge is 2.04. The van der Waals surface area contributed by atoms with Crippen LogP contribution >= 0.6 is 0 Å². The first-order valence-electron chi connectivity index (χ1n) is 9.78. The normalized spacial score (nSPS) is 11.5. The summed E-state index contributed by atoms with van der Waals surface area (Å²) in [5, 5.41) is 6.36. The summed E-state index contributed by atoms with van der Waals surface area (Å²) in [7, 11) is 1.70. The van der Waals surface area contributed by atoms with Gasteiger partial charge >= 0.3 is 0 Å². The van der Waals surface area contributed by atoms with Crippen LogP contribution in [0, 0.1) is 5.82 Å². The van der Waals surface area contributed by atoms with Gasteiger partial charge in [-0.1, -0.05) is 44.2 Å². The van der Waals surface area contributed by atoms with Gasteiger partial charge in [0.25, 0.3) is 0 Å². The predicted octanol–water partition coefficient (Wildman–Crippen LogP) is 3.41. The third kappa shape index (κ3) is 7.19. The maximum atomic E-state index is 13.7. The fraction of sp³-hybridized carbons (Fsp3) is 0.409. The molecule has 0 bridgehead atoms. The molecule has 0 aliphatic rings. The van der Waals surface area contributed by atoms with Crippen molar-refractivity contribution >= 4 is 5.96 Å². The molecule has 0 fully saturated rings. The van der Waals surface area contributed by atoms with Crippen molar-refractivity contribution < 1.29 is 9.13 Å². The first-order valence-corrected chi connectivity index (χ1v) is 9.78. The van der Waals surface area contributed by atoms with Crippen molar-refractivity contribution in [2.45, 2.75) is 26.9 Å². The second kappa shape index (κ2) is 12.0. The Hall–Kier alpha value is -2.60. The highest BCUT2D eigenvalue weighted by molar-refractivity contribution is 5.79. The summed E-state index contributed by atoms with van der Waals surface area (Å²) in [4.78, 5) is 6.51. The molecule has 0 aromatic heterocycles. The molecule has 0 unspecified atom stereocenters. The van der Waals surface area contributed by atoms with Gasteiger partial charge in [-0.2, -0.15) is 0 Å². The first-order chi connectivity index (χ1) is 13.7. The van der Waals surface area contributed by atoms with Crippen LogP contribution in [0.1, 0.15) is 25.0 Å². The SMILES string of the molecule is CCN(CC)CCOc1ccc(CNC(=NC)NCc2ccccc2F)cc1. The molecule has 6 heteroatoms. The van der Waals surface area contributed by atoms with E-state index < -0.39 is 0 Å². The highest BCUT2D eigenvalue weighted by atomic mass is 19.1. The van der Waals surface area contributed by atoms with Gasteiger partial charge in [-0.3, -0.25) is 4.99 Å². The number of hydrogen-bond donors (Lipinski definition) is 2. The lowest BCUT2D eigenvalue weighted by atomic mass is 10.2. The summed E-state index contributed by atoms with van der Waals surface area (Å²) in [5.74, 6) is 1.28. The Bertz CT molecular complexity index is 730. The lowest BCUT2D eigenvalue weighted by Crippen LogP contribution is -2.36. The molecule has 152 valence electrons. The van der Waals surface area contributed by atoms with Gasteiger partial charge < -0.3 is 20.3 Å². The van der Waals surface area contributed by atoms with Gasteiger partial charge in [0.05, 0.1) is 0 Å². The molecule has 0 aliphatic carbocycles. The summed E-state index contributed by atoms with van der Waals surface area (Å²) in [5.41, 5.74) is 1.72. The van der Waals surface area contributed by atoms with E-state index in [4.69, 9.17) is 4.74 Å². The van der Waals surface area contributed by atoms with Gasteiger partial charge in [-0.25, -0.2) is 4.39 Å². The molecule has 28 heavy (non-hydrogen) atoms. The van der Waals surface area contributed by atoms with Gasteiger partial charge in [0.1, 0.15) is 18.2 Å². The van der Waals surface area contributed by atoms with E-state index in [0.717, 1.165) is 30.9 Å². The van der Waals surface area contributed by atoms with Crippen LogP contribution in [0.15, 0.2) is 53.5 Å². The molecule has 2 aromatic carbocycles. The number of likely N-dealkylation sites (N-methyl/N-ethyl adjacent to an activating group) is 1. The molecule has 0 atom stereocenters. The Morgan fingerprint density at radius 1 is 1.00 bits per heavy atom. The number of nitrogens with zero attached hydrogens (tertiary/aromatic N) is 2. The molecule has 0 amide bonds. The van der Waals surface area contributed by atoms with Crippen LogP contribution in [0.4, 0.5) is 4.39 Å². The zero-order valence-corrected chi connectivity index (χ0v) is 17.0. The average Bonchev–Trinajstić information content (AvgIpc) is 2.73. The monoisotopic (exact) mass is 386 g/mol. The van der Waals surface area contributed by atoms with E-state index in [9.17, 15) is 4.39 Å². The molecule has 0 radical (unpaired) electrons. The van der Waals surface area contributed by atoms with E-state index >= 15 is 0 Å². The quantitative estimate of drug-likeness (QED) is 0.485. The van der Waals surface area contributed by atoms with Gasteiger partial charge in [-0.15, -0.1) is 0 Å². The lowest BCUT2D eigenvalue weighted by Gasteiger charge is -2.18. The average molecular weight is 387 g/mol. The largest absolute Gasteiger partial charge is 0.492 e. The molecular formula is C22H31FN4O. The van der Waals surface area contributed by atoms with E-state index in [0.29, 0.717) is 31.2 Å². The van der Waals surface area contributed by atoms with Crippen LogP contribution in [0.25, 0.3) is 0 Å². The standard InChI is InChI=1S/C22H31FN4O/c1-4-27(5-2)14-15-28-20-12-10-18(11-13-20)16-25-22(24-3)26-17-19-8-6-7-9-21(19)23/h6-13H,4-5,14-17H2,1-3H3,(H2,24,25,26). The van der Waals surface area contributed by atoms with Gasteiger partial charge in [0.15, 0.2) is 5.96 Å². The summed E-state index contributed by atoms with van der Waals surface area (Å²) in [6.07, 6.45) is 0. The fourth-order valence-electron chi connectivity index (χ4n) is 2.76. The van der Waals surface area contributed by atoms with Crippen molar-refractivity contribution in [1.29, 1.82) is 0 Å². The second-order valence-corrected chi connectivity index (χ2v) is 6.39. The summed E-state index contributed by atoms with van der Waals surface area (Å²) < 4.78 is 19.5. The van der Waals surface area contributed by atoms with E-state index in [1.807, 2.05) is 30.3 Å². The molecule has 0 heterocycles. The van der Waals surface area contributed by atoms with Crippen LogP contribution in [0.3, 0.4) is 0 Å². The molecular weight excluding hydrogens is 355 g/mol. The number of aliphatic imine (C=N–C) groups is 1. The fourth-order valence-corrected chi connectivity index (χ4v) is 2.76. The Balaban J connectivity index is 1.76. The van der Waals surface area contributed by atoms with Gasteiger partial charge in [0.2, 0.25) is 0 Å². The molecule has 0 spiro atoms. The minimum absolute atomic E-state index is 0.220. The van der Waals surface area contributed by atoms with Crippen molar-refractivity contribution in [3.05, 3.63) is 65.5 Å². The Labute approximate surface area is 167 Å². The lowest BCUT2D eigenvalue weighted by molar-refractivity contribution is 0.223. The number of hydrogen-bond acceptors (Lipinski definition) is 3. The van der Waals surface area contributed by atoms with E-state index in [1.54, 1.807) is 19.2 Å². The summed E-state index contributed by atoms with van der Waals surface area (Å²) in [6, 6.07) is 14.7. The minimum Gasteiger partial charge on any atom is -0.492 e. The molecule has 0 aliphatic heterocycles. The number of halogens is 1. The maximum absolute atomic E-state index is 13.7. The third-order valence-corrected chi connectivity index (χ3v) is 4.58. The Morgan fingerprint density at radius 2 is 1.68 bits per heavy atom. The molecule has 2 rings (SSSR count). The molecule has 0 saturated heterocycles. The summed E-state index contributed by atoms with van der Waals surface area (Å²) in [6.45, 7) is 9.01. The molecule has 2 N–H and O–H groups in total. The van der Waals surface area contributed by atoms with E-state index in [-0.39, 0.29) is 5.82 Å². The molecule has 5 nitrogen and oxygen atoms in total. The predicted molar refractivity (Wildman–Crippen MR) is 113 cm³/mol. The number of nitrogens with one attached hydrogen (secondary N) is 2. The minimum atomic E-state index is -0.220. The highest BCUT2D eigenvalue weighted by Crippen LogP contribution is 2.12. The molecule has 2 aromatic rings. The van der Waals surface area contributed by atoms with Crippen LogP contribution < -0.4 is 15.4 Å². The third-order valence-electron chi connectivity index (χ3n) is 4.58. The number of guanidine groups is 1. The van der Waals surface area contributed by atoms with Crippen LogP contribution in [0.2, 0.25) is 0 Å². The Morgan fingerprint density at radius 3 is 2.32 bits per heavy atom. The molecule has 0 saturated carbocycles. The van der Waals surface area contributed by atoms with Crippen LogP contribution in [-0.2, 0) is 13.1 Å². The summed E-state index contributed by atoms with van der Waals surface area (Å²) >= 11 is 0. The number of ether oxygens (including phenoxy) is 1. The van der Waals surface area contributed by atoms with Crippen molar-refractivity contribution in [3.63, 3.8) is 0 Å². The first kappa shape index (κ1) is 21.7. The smallest absolute Gasteiger partial charge is 0.191 e. The van der Waals surface area contributed by atoms with E-state index in [2.05, 4.69) is 34.4 Å². The van der Waals surface area contributed by atoms with Gasteiger partial charge in [0, 0.05) is 32.2 Å². The van der Waals surface area contributed by atoms with Crippen molar-refractivity contribution in [1.82, 2.24) is 15.5 Å².